The van der Waals surface area contributed by atoms with Crippen molar-refractivity contribution in [1.82, 2.24) is 9.97 Å². The van der Waals surface area contributed by atoms with Crippen molar-refractivity contribution in [2.24, 2.45) is 0 Å². The van der Waals surface area contributed by atoms with E-state index in [1.807, 2.05) is 74.5 Å². The normalized spacial score (nSPS) is 10.8. The third-order valence-corrected chi connectivity index (χ3v) is 8.33. The number of nitrogens with zero attached hydrogens (tertiary/aromatic N) is 2. The number of aryl methyl sites for hydroxylation is 2. The molecule has 2 aromatic carbocycles. The first-order valence-electron chi connectivity index (χ1n) is 10.1. The van der Waals surface area contributed by atoms with Crippen LogP contribution in [0.25, 0.3) is 21.8 Å². The Morgan fingerprint density at radius 3 is 2.00 bits per heavy atom. The Labute approximate surface area is 186 Å². The van der Waals surface area contributed by atoms with Crippen LogP contribution in [0.2, 0.25) is 0 Å². The number of benzene rings is 2. The number of hydrogen-bond acceptors (Lipinski definition) is 6. The summed E-state index contributed by atoms with van der Waals surface area (Å²) in [6.45, 7) is 5.31. The van der Waals surface area contributed by atoms with Gasteiger partial charge < -0.3 is 0 Å². The van der Waals surface area contributed by atoms with Gasteiger partial charge in [0.2, 0.25) is 0 Å². The van der Waals surface area contributed by atoms with Gasteiger partial charge in [-0.15, -0.1) is 0 Å². The minimum atomic E-state index is -2.70. The molecule has 0 bridgehead atoms. The maximum absolute atomic E-state index is 11.4. The molecule has 4 rings (SSSR count). The number of rotatable bonds is 7. The van der Waals surface area contributed by atoms with Gasteiger partial charge in [-0.25, -0.2) is 0 Å². The van der Waals surface area contributed by atoms with Crippen LogP contribution in [0.3, 0.4) is 0 Å². The van der Waals surface area contributed by atoms with E-state index in [1.54, 1.807) is 0 Å². The zero-order chi connectivity index (χ0) is 21.8. The summed E-state index contributed by atoms with van der Waals surface area (Å²) in [6, 6.07) is 19.7. The predicted molar refractivity (Wildman–Crippen MR) is 121 cm³/mol. The van der Waals surface area contributed by atoms with E-state index >= 15 is 0 Å². The Balaban J connectivity index is 1.59. The second-order valence-corrected chi connectivity index (χ2v) is 11.9. The SMILES string of the molecule is CC(=O)O[CH2][Ga]([CH2]Oc1cccc2ccc(C)nc12)[O]c1cccc2ccc(C)nc12. The van der Waals surface area contributed by atoms with Gasteiger partial charge >= 0.3 is 187 Å². The Hall–Kier alpha value is -3.03. The number of para-hydroxylation sites is 2. The molecular formula is C24H23GaN2O4. The molecule has 0 aliphatic rings. The fraction of sp³-hybridized carbons (Fsp3) is 0.208. The van der Waals surface area contributed by atoms with Crippen molar-refractivity contribution < 1.29 is 17.8 Å². The molecule has 31 heavy (non-hydrogen) atoms. The van der Waals surface area contributed by atoms with Crippen LogP contribution in [0.1, 0.15) is 18.3 Å². The molecule has 0 atom stereocenters. The number of carbonyl (C=O) groups is 1. The molecular weight excluding hydrogens is 450 g/mol. The van der Waals surface area contributed by atoms with Gasteiger partial charge in [0.05, 0.1) is 0 Å². The molecule has 0 amide bonds. The standard InChI is InChI=1S/C11H10NO.C10H9NO.C3H5O2.Ga/c1-8-6-7-9-4-3-5-10(13-2)11(9)12-8;1-7-5-6-8-3-2-4-9(12)10(8)11-7;1-3(4)5-2;/h3-7H,2H2,1H3;2-6,12H,1H3;2H2,1H3;/q;;;+1/p-1. The van der Waals surface area contributed by atoms with E-state index in [9.17, 15) is 4.79 Å². The third-order valence-electron chi connectivity index (χ3n) is 4.84. The van der Waals surface area contributed by atoms with Crippen LogP contribution >= 0.6 is 0 Å². The van der Waals surface area contributed by atoms with E-state index in [2.05, 4.69) is 9.97 Å². The number of fused-ring (bicyclic) bond motifs is 2. The topological polar surface area (TPSA) is 70.5 Å². The molecule has 0 aliphatic heterocycles. The second kappa shape index (κ2) is 9.41. The van der Waals surface area contributed by atoms with Crippen molar-refractivity contribution in [3.05, 3.63) is 72.1 Å². The van der Waals surface area contributed by atoms with Crippen molar-refractivity contribution in [2.45, 2.75) is 20.8 Å². The van der Waals surface area contributed by atoms with E-state index in [-0.39, 0.29) is 11.1 Å². The number of pyridine rings is 2. The fourth-order valence-corrected chi connectivity index (χ4v) is 6.62. The summed E-state index contributed by atoms with van der Waals surface area (Å²) >= 11 is -2.70. The van der Waals surface area contributed by atoms with Crippen molar-refractivity contribution in [3.63, 3.8) is 0 Å². The van der Waals surface area contributed by atoms with Crippen molar-refractivity contribution in [2.75, 3.05) is 10.3 Å². The van der Waals surface area contributed by atoms with Crippen LogP contribution in [-0.4, -0.2) is 42.8 Å². The van der Waals surface area contributed by atoms with Crippen LogP contribution in [0.4, 0.5) is 0 Å². The van der Waals surface area contributed by atoms with Crippen LogP contribution in [0.5, 0.6) is 11.5 Å². The summed E-state index contributed by atoms with van der Waals surface area (Å²) in [5.74, 6) is 1.08. The average molecular weight is 473 g/mol. The maximum atomic E-state index is 11.4. The molecule has 0 unspecified atom stereocenters. The number of esters is 1. The zero-order valence-corrected chi connectivity index (χ0v) is 20.2. The fourth-order valence-electron chi connectivity index (χ4n) is 3.34. The molecule has 0 N–H and O–H groups in total. The molecule has 2 aromatic heterocycles. The molecule has 6 nitrogen and oxygen atoms in total. The van der Waals surface area contributed by atoms with Gasteiger partial charge in [0.1, 0.15) is 0 Å². The number of aromatic nitrogens is 2. The minimum absolute atomic E-state index is 0.252. The molecule has 4 aromatic rings. The van der Waals surface area contributed by atoms with Gasteiger partial charge in [-0.2, -0.15) is 0 Å². The van der Waals surface area contributed by atoms with E-state index in [0.717, 1.165) is 33.2 Å². The van der Waals surface area contributed by atoms with Crippen LogP contribution in [0, 0.1) is 13.8 Å². The first-order valence-corrected chi connectivity index (χ1v) is 14.6. The van der Waals surface area contributed by atoms with Gasteiger partial charge in [0.25, 0.3) is 0 Å². The Morgan fingerprint density at radius 1 is 0.806 bits per heavy atom. The number of ether oxygens (including phenoxy) is 2. The van der Waals surface area contributed by atoms with Crippen LogP contribution in [0.15, 0.2) is 60.7 Å². The second-order valence-electron chi connectivity index (χ2n) is 7.41. The molecule has 0 aliphatic carbocycles. The van der Waals surface area contributed by atoms with Gasteiger partial charge in [-0.05, 0) is 0 Å². The van der Waals surface area contributed by atoms with Crippen molar-refractivity contribution >= 4 is 44.4 Å². The molecule has 0 radical (unpaired) electrons. The van der Waals surface area contributed by atoms with E-state index in [4.69, 9.17) is 13.0 Å². The third kappa shape index (κ3) is 5.18. The summed E-state index contributed by atoms with van der Waals surface area (Å²) in [6.07, 6.45) is 0. The molecule has 156 valence electrons. The van der Waals surface area contributed by atoms with E-state index in [1.165, 1.54) is 6.92 Å². The number of carbonyl (C=O) groups excluding carboxylic acids is 1. The monoisotopic (exact) mass is 472 g/mol. The molecule has 2 heterocycles. The molecule has 7 heteroatoms. The average Bonchev–Trinajstić information content (AvgIpc) is 2.75. The Kier molecular flexibility index (Phi) is 6.43. The summed E-state index contributed by atoms with van der Waals surface area (Å²) < 4.78 is 17.9. The molecule has 0 spiro atoms. The summed E-state index contributed by atoms with van der Waals surface area (Å²) in [5, 5.41) is 2.65. The first-order chi connectivity index (χ1) is 15.0. The van der Waals surface area contributed by atoms with Crippen LogP contribution < -0.4 is 8.27 Å². The number of hydrogen-bond donors (Lipinski definition) is 0. The molecule has 0 saturated heterocycles. The van der Waals surface area contributed by atoms with Crippen molar-refractivity contribution in [1.29, 1.82) is 0 Å². The molecule has 0 saturated carbocycles. The molecule has 0 fully saturated rings. The first kappa shape index (κ1) is 21.2. The van der Waals surface area contributed by atoms with Crippen LogP contribution in [-0.2, 0) is 9.53 Å². The van der Waals surface area contributed by atoms with E-state index in [0.29, 0.717) is 16.7 Å². The van der Waals surface area contributed by atoms with E-state index < -0.39 is 16.6 Å². The zero-order valence-electron chi connectivity index (χ0n) is 17.8. The van der Waals surface area contributed by atoms with Gasteiger partial charge in [-0.3, -0.25) is 0 Å². The Morgan fingerprint density at radius 2 is 1.39 bits per heavy atom. The van der Waals surface area contributed by atoms with Gasteiger partial charge in [-0.1, -0.05) is 0 Å². The summed E-state index contributed by atoms with van der Waals surface area (Å²) in [5.41, 5.74) is 3.47. The summed E-state index contributed by atoms with van der Waals surface area (Å²) in [4.78, 5) is 20.7. The Bertz CT molecular complexity index is 1240. The van der Waals surface area contributed by atoms with Crippen molar-refractivity contribution in [3.8, 4) is 11.5 Å². The predicted octanol–water partition coefficient (Wildman–Crippen LogP) is 4.49. The van der Waals surface area contributed by atoms with Gasteiger partial charge in [0, 0.05) is 0 Å². The van der Waals surface area contributed by atoms with Gasteiger partial charge in [0.15, 0.2) is 0 Å². The summed E-state index contributed by atoms with van der Waals surface area (Å²) in [7, 11) is 0. The quantitative estimate of drug-likeness (QED) is 0.291.